The summed E-state index contributed by atoms with van der Waals surface area (Å²) in [5, 5.41) is 32.3. The summed E-state index contributed by atoms with van der Waals surface area (Å²) in [5.74, 6) is 0. The molecule has 6 rings (SSSR count). The zero-order chi connectivity index (χ0) is 36.1. The largest absolute Gasteiger partial charge is 0.394 e. The maximum Gasteiger partial charge on any atom is 0.187 e. The van der Waals surface area contributed by atoms with Crippen molar-refractivity contribution < 1.29 is 53.2 Å². The highest BCUT2D eigenvalue weighted by Gasteiger charge is 2.54. The second kappa shape index (κ2) is 19.5. The fourth-order valence-electron chi connectivity index (χ4n) is 6.44. The minimum Gasteiger partial charge on any atom is -0.394 e. The van der Waals surface area contributed by atoms with Crippen molar-refractivity contribution in [3.63, 3.8) is 0 Å². The lowest BCUT2D eigenvalue weighted by Gasteiger charge is -2.46. The minimum atomic E-state index is -1.35. The van der Waals surface area contributed by atoms with Crippen LogP contribution in [0.4, 0.5) is 0 Å². The van der Waals surface area contributed by atoms with Gasteiger partial charge in [-0.2, -0.15) is 0 Å². The number of aliphatic hydroxyl groups excluding tert-OH is 3. The fraction of sp³-hybridized carbons (Fsp3) is 0.415. The lowest BCUT2D eigenvalue weighted by molar-refractivity contribution is -0.342. The van der Waals surface area contributed by atoms with Crippen molar-refractivity contribution in [1.29, 1.82) is 0 Å². The molecule has 10 atom stereocenters. The highest BCUT2D eigenvalue weighted by atomic mass is 16.8. The van der Waals surface area contributed by atoms with Gasteiger partial charge in [0.15, 0.2) is 12.6 Å². The summed E-state index contributed by atoms with van der Waals surface area (Å²) in [5.41, 5.74) is 3.72. The Morgan fingerprint density at radius 1 is 0.577 bits per heavy atom. The van der Waals surface area contributed by atoms with Crippen LogP contribution in [0.3, 0.4) is 0 Å². The number of hydrogen-bond acceptors (Lipinski definition) is 11. The Kier molecular flexibility index (Phi) is 14.3. The van der Waals surface area contributed by atoms with Gasteiger partial charge in [0.25, 0.3) is 0 Å². The lowest BCUT2D eigenvalue weighted by atomic mass is 9.97. The Bertz CT molecular complexity index is 1570. The van der Waals surface area contributed by atoms with Crippen molar-refractivity contribution in [2.75, 3.05) is 20.3 Å². The van der Waals surface area contributed by atoms with Crippen LogP contribution in [0, 0.1) is 0 Å². The minimum absolute atomic E-state index is 0.0788. The second-order valence-electron chi connectivity index (χ2n) is 12.9. The van der Waals surface area contributed by atoms with E-state index in [-0.39, 0.29) is 26.4 Å². The van der Waals surface area contributed by atoms with Crippen LogP contribution >= 0.6 is 0 Å². The normalized spacial score (nSPS) is 28.1. The van der Waals surface area contributed by atoms with E-state index < -0.39 is 68.0 Å². The molecule has 2 aliphatic heterocycles. The molecule has 0 aliphatic carbocycles. The SMILES string of the molecule is CO[C@@H]1O[C@H](COCc2ccccc2)[C@H](O[C@H]2O[C@@H]([C@H](O)CO)[C@H](OCc3ccccc3)[C@H]2O)[C@H](OCc2ccccc2)[C@H]1OCc1ccccc1. The molecule has 52 heavy (non-hydrogen) atoms. The van der Waals surface area contributed by atoms with E-state index in [0.29, 0.717) is 6.61 Å². The lowest BCUT2D eigenvalue weighted by Crippen LogP contribution is -2.62. The summed E-state index contributed by atoms with van der Waals surface area (Å²) in [7, 11) is 1.54. The van der Waals surface area contributed by atoms with Crippen molar-refractivity contribution in [3.8, 4) is 0 Å². The van der Waals surface area contributed by atoms with Gasteiger partial charge in [-0.3, -0.25) is 0 Å². The van der Waals surface area contributed by atoms with E-state index in [1.165, 1.54) is 0 Å². The van der Waals surface area contributed by atoms with E-state index in [1.807, 2.05) is 121 Å². The molecule has 11 nitrogen and oxygen atoms in total. The van der Waals surface area contributed by atoms with Crippen LogP contribution in [0.5, 0.6) is 0 Å². The van der Waals surface area contributed by atoms with Crippen LogP contribution in [0.1, 0.15) is 22.3 Å². The first kappa shape index (κ1) is 38.2. The van der Waals surface area contributed by atoms with Crippen molar-refractivity contribution in [2.24, 2.45) is 0 Å². The Morgan fingerprint density at radius 3 is 1.52 bits per heavy atom. The number of rotatable bonds is 18. The highest BCUT2D eigenvalue weighted by Crippen LogP contribution is 2.35. The Balaban J connectivity index is 1.28. The van der Waals surface area contributed by atoms with Crippen LogP contribution in [-0.2, 0) is 64.3 Å². The Morgan fingerprint density at radius 2 is 1.04 bits per heavy atom. The first-order chi connectivity index (χ1) is 25.5. The van der Waals surface area contributed by atoms with Gasteiger partial charge in [0, 0.05) is 7.11 Å². The molecule has 2 fully saturated rings. The van der Waals surface area contributed by atoms with Gasteiger partial charge < -0.3 is 53.2 Å². The molecule has 0 amide bonds. The van der Waals surface area contributed by atoms with E-state index in [0.717, 1.165) is 22.3 Å². The molecule has 3 N–H and O–H groups in total. The second-order valence-corrected chi connectivity index (χ2v) is 12.9. The summed E-state index contributed by atoms with van der Waals surface area (Å²) in [6, 6.07) is 38.7. The molecule has 11 heteroatoms. The third kappa shape index (κ3) is 10.1. The molecule has 0 aromatic heterocycles. The molecular weight excluding hydrogens is 668 g/mol. The zero-order valence-electron chi connectivity index (χ0n) is 29.2. The number of aliphatic hydroxyl groups is 3. The van der Waals surface area contributed by atoms with Crippen molar-refractivity contribution in [3.05, 3.63) is 144 Å². The summed E-state index contributed by atoms with van der Waals surface area (Å²) in [4.78, 5) is 0. The van der Waals surface area contributed by atoms with Gasteiger partial charge >= 0.3 is 0 Å². The predicted molar refractivity (Wildman–Crippen MR) is 189 cm³/mol. The monoisotopic (exact) mass is 716 g/mol. The number of benzene rings is 4. The van der Waals surface area contributed by atoms with E-state index in [2.05, 4.69) is 0 Å². The smallest absolute Gasteiger partial charge is 0.187 e. The first-order valence-electron chi connectivity index (χ1n) is 17.6. The van der Waals surface area contributed by atoms with Crippen molar-refractivity contribution >= 4 is 0 Å². The van der Waals surface area contributed by atoms with Crippen molar-refractivity contribution in [2.45, 2.75) is 87.8 Å². The molecule has 278 valence electrons. The van der Waals surface area contributed by atoms with Gasteiger partial charge in [-0.15, -0.1) is 0 Å². The zero-order valence-corrected chi connectivity index (χ0v) is 29.2. The maximum absolute atomic E-state index is 11.7. The maximum atomic E-state index is 11.7. The van der Waals surface area contributed by atoms with Gasteiger partial charge in [-0.1, -0.05) is 121 Å². The molecule has 4 aromatic carbocycles. The summed E-state index contributed by atoms with van der Waals surface area (Å²) >= 11 is 0. The fourth-order valence-corrected chi connectivity index (χ4v) is 6.44. The molecule has 0 radical (unpaired) electrons. The molecule has 4 aromatic rings. The summed E-state index contributed by atoms with van der Waals surface area (Å²) in [6.07, 6.45) is -10.3. The Labute approximate surface area is 304 Å². The van der Waals surface area contributed by atoms with Crippen LogP contribution < -0.4 is 0 Å². The summed E-state index contributed by atoms with van der Waals surface area (Å²) in [6.45, 7) is 0.389. The van der Waals surface area contributed by atoms with Crippen molar-refractivity contribution in [1.82, 2.24) is 0 Å². The third-order valence-electron chi connectivity index (χ3n) is 9.16. The quantitative estimate of drug-likeness (QED) is 0.137. The third-order valence-corrected chi connectivity index (χ3v) is 9.16. The standard InChI is InChI=1S/C41H48O11/c1-45-41-39(49-26-31-20-12-5-13-21-31)38(48-25-30-18-10-4-11-19-30)36(33(50-41)27-46-23-28-14-6-2-7-15-28)52-40-34(44)37(35(51-40)32(43)22-42)47-24-29-16-8-3-9-17-29/h2-21,32-44H,22-27H2,1H3/t32-,33-,34-,35+,36+,37-,38+,39-,40-,41-/m1/s1. The van der Waals surface area contributed by atoms with Gasteiger partial charge in [-0.05, 0) is 22.3 Å². The molecule has 2 saturated heterocycles. The molecule has 0 unspecified atom stereocenters. The topological polar surface area (TPSA) is 135 Å². The number of hydrogen-bond donors (Lipinski definition) is 3. The van der Waals surface area contributed by atoms with Crippen LogP contribution in [0.15, 0.2) is 121 Å². The molecule has 0 spiro atoms. The highest BCUT2D eigenvalue weighted by molar-refractivity contribution is 5.16. The molecule has 2 aliphatic rings. The first-order valence-corrected chi connectivity index (χ1v) is 17.6. The van der Waals surface area contributed by atoms with E-state index in [1.54, 1.807) is 7.11 Å². The van der Waals surface area contributed by atoms with Gasteiger partial charge in [-0.25, -0.2) is 0 Å². The number of methoxy groups -OCH3 is 1. The molecule has 2 heterocycles. The van der Waals surface area contributed by atoms with Crippen LogP contribution in [0.2, 0.25) is 0 Å². The summed E-state index contributed by atoms with van der Waals surface area (Å²) < 4.78 is 50.6. The van der Waals surface area contributed by atoms with Gasteiger partial charge in [0.1, 0.15) is 48.8 Å². The number of ether oxygens (including phenoxy) is 8. The van der Waals surface area contributed by atoms with E-state index >= 15 is 0 Å². The van der Waals surface area contributed by atoms with Crippen LogP contribution in [-0.4, -0.2) is 97.1 Å². The average molecular weight is 717 g/mol. The van der Waals surface area contributed by atoms with Crippen LogP contribution in [0.25, 0.3) is 0 Å². The Hall–Kier alpha value is -3.56. The molecule has 0 bridgehead atoms. The average Bonchev–Trinajstić information content (AvgIpc) is 3.51. The van der Waals surface area contributed by atoms with Gasteiger partial charge in [0.05, 0.1) is 39.6 Å². The van der Waals surface area contributed by atoms with E-state index in [9.17, 15) is 15.3 Å². The predicted octanol–water partition coefficient (Wildman–Crippen LogP) is 4.15. The molecule has 0 saturated carbocycles. The van der Waals surface area contributed by atoms with E-state index in [4.69, 9.17) is 37.9 Å². The molecular formula is C41H48O11. The van der Waals surface area contributed by atoms with Gasteiger partial charge in [0.2, 0.25) is 0 Å².